The molecular formula is C12H9N3O3. The largest absolute Gasteiger partial charge is 0.453 e. The van der Waals surface area contributed by atoms with Crippen LogP contribution >= 0.6 is 0 Å². The van der Waals surface area contributed by atoms with Gasteiger partial charge in [-0.3, -0.25) is 4.98 Å². The predicted octanol–water partition coefficient (Wildman–Crippen LogP) is 1.89. The van der Waals surface area contributed by atoms with Crippen molar-refractivity contribution in [2.45, 2.75) is 0 Å². The van der Waals surface area contributed by atoms with Crippen LogP contribution in [0.25, 0.3) is 11.2 Å². The van der Waals surface area contributed by atoms with Crippen molar-refractivity contribution >= 4 is 16.9 Å². The van der Waals surface area contributed by atoms with E-state index in [1.54, 1.807) is 30.3 Å². The average Bonchev–Trinajstić information content (AvgIpc) is 2.71. The summed E-state index contributed by atoms with van der Waals surface area (Å²) in [4.78, 5) is 17.5. The fourth-order valence-electron chi connectivity index (χ4n) is 1.62. The van der Waals surface area contributed by atoms with Gasteiger partial charge in [0.05, 0.1) is 0 Å². The molecule has 90 valence electrons. The van der Waals surface area contributed by atoms with Gasteiger partial charge in [-0.25, -0.2) is 9.78 Å². The van der Waals surface area contributed by atoms with Crippen molar-refractivity contribution in [2.75, 3.05) is 5.73 Å². The molecule has 18 heavy (non-hydrogen) atoms. The SMILES string of the molecule is Nc1cccc(Oc2ccnc3[nH]c(=O)oc23)c1. The maximum absolute atomic E-state index is 11.1. The number of hydrogen-bond donors (Lipinski definition) is 2. The van der Waals surface area contributed by atoms with Crippen molar-refractivity contribution in [2.24, 2.45) is 0 Å². The van der Waals surface area contributed by atoms with Crippen LogP contribution in [-0.4, -0.2) is 9.97 Å². The number of nitrogen functional groups attached to an aromatic ring is 1. The van der Waals surface area contributed by atoms with Gasteiger partial charge in [0.1, 0.15) is 5.75 Å². The van der Waals surface area contributed by atoms with E-state index in [0.29, 0.717) is 22.8 Å². The fraction of sp³-hybridized carbons (Fsp3) is 0. The summed E-state index contributed by atoms with van der Waals surface area (Å²) in [6.45, 7) is 0. The molecule has 3 rings (SSSR count). The molecule has 0 saturated heterocycles. The first kappa shape index (κ1) is 10.4. The number of pyridine rings is 1. The van der Waals surface area contributed by atoms with Crippen molar-refractivity contribution in [3.8, 4) is 11.5 Å². The zero-order valence-corrected chi connectivity index (χ0v) is 9.21. The summed E-state index contributed by atoms with van der Waals surface area (Å²) in [7, 11) is 0. The van der Waals surface area contributed by atoms with E-state index < -0.39 is 5.76 Å². The Morgan fingerprint density at radius 1 is 1.33 bits per heavy atom. The minimum Gasteiger partial charge on any atom is -0.453 e. The van der Waals surface area contributed by atoms with Crippen molar-refractivity contribution in [3.05, 3.63) is 47.1 Å². The lowest BCUT2D eigenvalue weighted by Gasteiger charge is -2.05. The fourth-order valence-corrected chi connectivity index (χ4v) is 1.62. The number of ether oxygens (including phenoxy) is 1. The highest BCUT2D eigenvalue weighted by Crippen LogP contribution is 2.28. The highest BCUT2D eigenvalue weighted by Gasteiger charge is 2.09. The molecule has 0 aliphatic carbocycles. The summed E-state index contributed by atoms with van der Waals surface area (Å²) in [6, 6.07) is 8.58. The maximum Gasteiger partial charge on any atom is 0.418 e. The van der Waals surface area contributed by atoms with Crippen LogP contribution in [0.2, 0.25) is 0 Å². The van der Waals surface area contributed by atoms with Crippen LogP contribution in [0, 0.1) is 0 Å². The van der Waals surface area contributed by atoms with Gasteiger partial charge in [0, 0.05) is 24.0 Å². The summed E-state index contributed by atoms with van der Waals surface area (Å²) < 4.78 is 10.6. The molecule has 0 radical (unpaired) electrons. The van der Waals surface area contributed by atoms with Gasteiger partial charge in [-0.15, -0.1) is 0 Å². The van der Waals surface area contributed by atoms with Gasteiger partial charge in [-0.05, 0) is 12.1 Å². The van der Waals surface area contributed by atoms with Gasteiger partial charge >= 0.3 is 5.76 Å². The van der Waals surface area contributed by atoms with Crippen LogP contribution in [0.3, 0.4) is 0 Å². The van der Waals surface area contributed by atoms with E-state index in [-0.39, 0.29) is 5.58 Å². The summed E-state index contributed by atoms with van der Waals surface area (Å²) in [5, 5.41) is 0. The Kier molecular flexibility index (Phi) is 2.26. The number of fused-ring (bicyclic) bond motifs is 1. The Morgan fingerprint density at radius 2 is 2.22 bits per heavy atom. The van der Waals surface area contributed by atoms with Crippen molar-refractivity contribution in [1.82, 2.24) is 9.97 Å². The second-order valence-corrected chi connectivity index (χ2v) is 3.68. The number of benzene rings is 1. The zero-order chi connectivity index (χ0) is 12.5. The first-order valence-electron chi connectivity index (χ1n) is 5.23. The number of H-pyrrole nitrogens is 1. The van der Waals surface area contributed by atoms with E-state index in [1.165, 1.54) is 6.20 Å². The number of anilines is 1. The van der Waals surface area contributed by atoms with Crippen LogP contribution in [-0.2, 0) is 0 Å². The normalized spacial score (nSPS) is 10.7. The van der Waals surface area contributed by atoms with Crippen LogP contribution in [0.5, 0.6) is 11.5 Å². The molecule has 0 aliphatic rings. The summed E-state index contributed by atoms with van der Waals surface area (Å²) >= 11 is 0. The first-order valence-corrected chi connectivity index (χ1v) is 5.23. The topological polar surface area (TPSA) is 94.1 Å². The molecule has 0 amide bonds. The third-order valence-electron chi connectivity index (χ3n) is 2.37. The Hall–Kier alpha value is -2.76. The van der Waals surface area contributed by atoms with E-state index in [2.05, 4.69) is 9.97 Å². The minimum absolute atomic E-state index is 0.282. The molecule has 0 fully saturated rings. The Morgan fingerprint density at radius 3 is 3.06 bits per heavy atom. The van der Waals surface area contributed by atoms with Crippen LogP contribution in [0.1, 0.15) is 0 Å². The molecule has 6 heteroatoms. The second-order valence-electron chi connectivity index (χ2n) is 3.68. The predicted molar refractivity (Wildman–Crippen MR) is 65.6 cm³/mol. The van der Waals surface area contributed by atoms with Crippen LogP contribution in [0.4, 0.5) is 5.69 Å². The van der Waals surface area contributed by atoms with Gasteiger partial charge in [-0.1, -0.05) is 6.07 Å². The molecule has 1 aromatic carbocycles. The molecule has 2 aromatic heterocycles. The highest BCUT2D eigenvalue weighted by atomic mass is 16.5. The Bertz CT molecular complexity index is 760. The molecule has 3 N–H and O–H groups in total. The van der Waals surface area contributed by atoms with Crippen molar-refractivity contribution in [1.29, 1.82) is 0 Å². The second kappa shape index (κ2) is 3.92. The zero-order valence-electron chi connectivity index (χ0n) is 9.21. The molecular weight excluding hydrogens is 234 g/mol. The number of aromatic amines is 1. The number of hydrogen-bond acceptors (Lipinski definition) is 5. The number of nitrogens with two attached hydrogens (primary N) is 1. The molecule has 0 atom stereocenters. The van der Waals surface area contributed by atoms with E-state index in [0.717, 1.165) is 0 Å². The lowest BCUT2D eigenvalue weighted by atomic mass is 10.3. The standard InChI is InChI=1S/C12H9N3O3/c13-7-2-1-3-8(6-7)17-9-4-5-14-11-10(9)18-12(16)15-11/h1-6H,13H2,(H,14,15,16). The van der Waals surface area contributed by atoms with Crippen molar-refractivity contribution in [3.63, 3.8) is 0 Å². The molecule has 0 aliphatic heterocycles. The number of nitrogens with one attached hydrogen (secondary N) is 1. The van der Waals surface area contributed by atoms with Gasteiger partial charge in [0.25, 0.3) is 0 Å². The van der Waals surface area contributed by atoms with Crippen LogP contribution in [0.15, 0.2) is 45.7 Å². The van der Waals surface area contributed by atoms with Crippen LogP contribution < -0.4 is 16.2 Å². The average molecular weight is 243 g/mol. The number of rotatable bonds is 2. The molecule has 0 saturated carbocycles. The highest BCUT2D eigenvalue weighted by molar-refractivity contribution is 5.75. The molecule has 0 unspecified atom stereocenters. The summed E-state index contributed by atoms with van der Waals surface area (Å²) in [5.41, 5.74) is 6.88. The summed E-state index contributed by atoms with van der Waals surface area (Å²) in [5.74, 6) is 0.399. The van der Waals surface area contributed by atoms with E-state index >= 15 is 0 Å². The van der Waals surface area contributed by atoms with E-state index in [4.69, 9.17) is 14.9 Å². The first-order chi connectivity index (χ1) is 8.72. The quantitative estimate of drug-likeness (QED) is 0.670. The van der Waals surface area contributed by atoms with E-state index in [1.807, 2.05) is 0 Å². The molecule has 3 aromatic rings. The lowest BCUT2D eigenvalue weighted by molar-refractivity contribution is 0.466. The smallest absolute Gasteiger partial charge is 0.418 e. The van der Waals surface area contributed by atoms with Crippen molar-refractivity contribution < 1.29 is 9.15 Å². The Balaban J connectivity index is 2.07. The monoisotopic (exact) mass is 243 g/mol. The lowest BCUT2D eigenvalue weighted by Crippen LogP contribution is -1.93. The summed E-state index contributed by atoms with van der Waals surface area (Å²) in [6.07, 6.45) is 1.52. The molecule has 0 bridgehead atoms. The molecule has 2 heterocycles. The minimum atomic E-state index is -0.568. The number of aromatic nitrogens is 2. The molecule has 0 spiro atoms. The Labute approximate surface area is 101 Å². The van der Waals surface area contributed by atoms with Gasteiger partial charge < -0.3 is 14.9 Å². The third kappa shape index (κ3) is 1.80. The number of oxazole rings is 1. The molecule has 6 nitrogen and oxygen atoms in total. The maximum atomic E-state index is 11.1. The van der Waals surface area contributed by atoms with Gasteiger partial charge in [0.15, 0.2) is 11.4 Å². The van der Waals surface area contributed by atoms with E-state index in [9.17, 15) is 4.79 Å². The third-order valence-corrected chi connectivity index (χ3v) is 2.37. The van der Waals surface area contributed by atoms with Gasteiger partial charge in [0.2, 0.25) is 5.58 Å². The van der Waals surface area contributed by atoms with Gasteiger partial charge in [-0.2, -0.15) is 0 Å². The number of nitrogens with zero attached hydrogens (tertiary/aromatic N) is 1.